The van der Waals surface area contributed by atoms with Crippen molar-refractivity contribution in [1.82, 2.24) is 5.32 Å². The largest absolute Gasteiger partial charge is 0.385 e. The van der Waals surface area contributed by atoms with Gasteiger partial charge in [0, 0.05) is 6.54 Å². The predicted molar refractivity (Wildman–Crippen MR) is 78.9 cm³/mol. The minimum Gasteiger partial charge on any atom is -0.385 e. The van der Waals surface area contributed by atoms with Crippen LogP contribution in [0.5, 0.6) is 0 Å². The Morgan fingerprint density at radius 3 is 2.38 bits per heavy atom. The Balaban J connectivity index is 1.91. The fourth-order valence-corrected chi connectivity index (χ4v) is 2.08. The van der Waals surface area contributed by atoms with E-state index < -0.39 is 5.60 Å². The fourth-order valence-electron chi connectivity index (χ4n) is 2.08. The third-order valence-electron chi connectivity index (χ3n) is 3.30. The fraction of sp³-hybridized carbons (Fsp3) is 0.235. The van der Waals surface area contributed by atoms with Crippen LogP contribution in [0.4, 0.5) is 4.39 Å². The van der Waals surface area contributed by atoms with E-state index in [1.54, 1.807) is 31.2 Å². The molecule has 0 spiro atoms. The molecule has 0 saturated heterocycles. The molecule has 110 valence electrons. The zero-order valence-corrected chi connectivity index (χ0v) is 11.8. The maximum absolute atomic E-state index is 12.8. The molecule has 0 bridgehead atoms. The lowest BCUT2D eigenvalue weighted by Gasteiger charge is -2.23. The minimum absolute atomic E-state index is 0.0296. The van der Waals surface area contributed by atoms with Crippen LogP contribution in [0, 0.1) is 5.82 Å². The van der Waals surface area contributed by atoms with Gasteiger partial charge in [0.25, 0.3) is 0 Å². The van der Waals surface area contributed by atoms with Gasteiger partial charge in [-0.2, -0.15) is 0 Å². The van der Waals surface area contributed by atoms with Crippen molar-refractivity contribution >= 4 is 5.91 Å². The van der Waals surface area contributed by atoms with Crippen LogP contribution in [0.2, 0.25) is 0 Å². The topological polar surface area (TPSA) is 49.3 Å². The first-order valence-electron chi connectivity index (χ1n) is 6.76. The van der Waals surface area contributed by atoms with Gasteiger partial charge < -0.3 is 10.4 Å². The molecule has 2 rings (SSSR count). The summed E-state index contributed by atoms with van der Waals surface area (Å²) in [6.07, 6.45) is -0.0296. The summed E-state index contributed by atoms with van der Waals surface area (Å²) in [6, 6.07) is 15.0. The lowest BCUT2D eigenvalue weighted by molar-refractivity contribution is -0.126. The summed E-state index contributed by atoms with van der Waals surface area (Å²) in [7, 11) is 0. The number of hydrogen-bond acceptors (Lipinski definition) is 2. The normalized spacial score (nSPS) is 13.5. The number of carbonyl (C=O) groups excluding carboxylic acids is 1. The summed E-state index contributed by atoms with van der Waals surface area (Å²) >= 11 is 0. The zero-order valence-electron chi connectivity index (χ0n) is 11.8. The predicted octanol–water partition coefficient (Wildman–Crippen LogP) is 2.74. The summed E-state index contributed by atoms with van der Waals surface area (Å²) in [5.41, 5.74) is 0.291. The van der Waals surface area contributed by atoms with Crippen LogP contribution in [0.15, 0.2) is 54.6 Å². The number of rotatable bonds is 5. The van der Waals surface area contributed by atoms with Crippen molar-refractivity contribution < 1.29 is 14.3 Å². The third kappa shape index (κ3) is 4.39. The highest BCUT2D eigenvalue weighted by atomic mass is 19.1. The van der Waals surface area contributed by atoms with E-state index >= 15 is 0 Å². The summed E-state index contributed by atoms with van der Waals surface area (Å²) in [6.45, 7) is 1.92. The first-order valence-corrected chi connectivity index (χ1v) is 6.76. The van der Waals surface area contributed by atoms with Crippen molar-refractivity contribution in [2.75, 3.05) is 0 Å². The minimum atomic E-state index is -1.21. The monoisotopic (exact) mass is 287 g/mol. The van der Waals surface area contributed by atoms with Crippen LogP contribution >= 0.6 is 0 Å². The molecule has 3 nitrogen and oxygen atoms in total. The van der Waals surface area contributed by atoms with Crippen molar-refractivity contribution in [2.45, 2.75) is 25.5 Å². The van der Waals surface area contributed by atoms with E-state index in [0.29, 0.717) is 12.1 Å². The molecule has 4 heteroatoms. The molecule has 0 saturated carbocycles. The molecule has 1 unspecified atom stereocenters. The molecule has 2 aromatic rings. The average Bonchev–Trinajstić information content (AvgIpc) is 2.47. The molecule has 2 N–H and O–H groups in total. The maximum Gasteiger partial charge on any atom is 0.223 e. The van der Waals surface area contributed by atoms with E-state index in [1.165, 1.54) is 12.1 Å². The van der Waals surface area contributed by atoms with Crippen LogP contribution in [0.3, 0.4) is 0 Å². The van der Waals surface area contributed by atoms with Gasteiger partial charge in [0.2, 0.25) is 5.91 Å². The summed E-state index contributed by atoms with van der Waals surface area (Å²) in [4.78, 5) is 11.9. The maximum atomic E-state index is 12.8. The van der Waals surface area contributed by atoms with E-state index in [2.05, 4.69) is 5.32 Å². The third-order valence-corrected chi connectivity index (χ3v) is 3.30. The SMILES string of the molecule is CC(O)(CC(=O)NCc1ccc(F)cc1)c1ccccc1. The summed E-state index contributed by atoms with van der Waals surface area (Å²) < 4.78 is 12.8. The lowest BCUT2D eigenvalue weighted by atomic mass is 9.92. The van der Waals surface area contributed by atoms with E-state index in [4.69, 9.17) is 0 Å². The van der Waals surface area contributed by atoms with E-state index in [9.17, 15) is 14.3 Å². The van der Waals surface area contributed by atoms with E-state index in [1.807, 2.05) is 18.2 Å². The number of nitrogens with one attached hydrogen (secondary N) is 1. The average molecular weight is 287 g/mol. The van der Waals surface area contributed by atoms with Gasteiger partial charge in [-0.05, 0) is 30.2 Å². The van der Waals surface area contributed by atoms with E-state index in [-0.39, 0.29) is 18.1 Å². The van der Waals surface area contributed by atoms with Gasteiger partial charge in [-0.25, -0.2) is 4.39 Å². The molecule has 0 heterocycles. The van der Waals surface area contributed by atoms with Gasteiger partial charge in [0.05, 0.1) is 12.0 Å². The highest BCUT2D eigenvalue weighted by Gasteiger charge is 2.26. The number of halogens is 1. The van der Waals surface area contributed by atoms with Gasteiger partial charge in [-0.3, -0.25) is 4.79 Å². The van der Waals surface area contributed by atoms with Gasteiger partial charge in [-0.15, -0.1) is 0 Å². The quantitative estimate of drug-likeness (QED) is 0.888. The van der Waals surface area contributed by atoms with Gasteiger partial charge in [0.15, 0.2) is 0 Å². The Morgan fingerprint density at radius 2 is 1.76 bits per heavy atom. The number of aliphatic hydroxyl groups is 1. The highest BCUT2D eigenvalue weighted by molar-refractivity contribution is 5.77. The van der Waals surface area contributed by atoms with Crippen LogP contribution in [-0.4, -0.2) is 11.0 Å². The molecular formula is C17H18FNO2. The molecule has 21 heavy (non-hydrogen) atoms. The molecule has 0 aromatic heterocycles. The Hall–Kier alpha value is -2.20. The molecule has 0 aliphatic heterocycles. The zero-order chi connectivity index (χ0) is 15.3. The second-order valence-corrected chi connectivity index (χ2v) is 5.22. The van der Waals surface area contributed by atoms with Gasteiger partial charge in [-0.1, -0.05) is 42.5 Å². The second-order valence-electron chi connectivity index (χ2n) is 5.22. The molecule has 0 aliphatic rings. The first kappa shape index (κ1) is 15.2. The van der Waals surface area contributed by atoms with Crippen molar-refractivity contribution in [3.63, 3.8) is 0 Å². The lowest BCUT2D eigenvalue weighted by Crippen LogP contribution is -2.32. The van der Waals surface area contributed by atoms with Gasteiger partial charge in [0.1, 0.15) is 5.82 Å². The summed E-state index contributed by atoms with van der Waals surface area (Å²) in [5, 5.41) is 13.1. The molecule has 1 amide bonds. The van der Waals surface area contributed by atoms with Gasteiger partial charge >= 0.3 is 0 Å². The van der Waals surface area contributed by atoms with Crippen molar-refractivity contribution in [1.29, 1.82) is 0 Å². The second kappa shape index (κ2) is 6.50. The van der Waals surface area contributed by atoms with Crippen LogP contribution in [0.25, 0.3) is 0 Å². The standard InChI is InChI=1S/C17H18FNO2/c1-17(21,14-5-3-2-4-6-14)11-16(20)19-12-13-7-9-15(18)10-8-13/h2-10,21H,11-12H2,1H3,(H,19,20). The molecular weight excluding hydrogens is 269 g/mol. The molecule has 0 fully saturated rings. The number of benzene rings is 2. The number of amides is 1. The Kier molecular flexibility index (Phi) is 4.70. The first-order chi connectivity index (χ1) is 9.97. The smallest absolute Gasteiger partial charge is 0.223 e. The van der Waals surface area contributed by atoms with Crippen molar-refractivity contribution in [2.24, 2.45) is 0 Å². The van der Waals surface area contributed by atoms with Crippen LogP contribution < -0.4 is 5.32 Å². The summed E-state index contributed by atoms with van der Waals surface area (Å²) in [5.74, 6) is -0.565. The van der Waals surface area contributed by atoms with Crippen molar-refractivity contribution in [3.8, 4) is 0 Å². The number of hydrogen-bond donors (Lipinski definition) is 2. The van der Waals surface area contributed by atoms with E-state index in [0.717, 1.165) is 5.56 Å². The van der Waals surface area contributed by atoms with Crippen LogP contribution in [0.1, 0.15) is 24.5 Å². The Bertz CT molecular complexity index is 594. The molecule has 0 radical (unpaired) electrons. The molecule has 0 aliphatic carbocycles. The Morgan fingerprint density at radius 1 is 1.14 bits per heavy atom. The highest BCUT2D eigenvalue weighted by Crippen LogP contribution is 2.23. The Labute approximate surface area is 123 Å². The molecule has 1 atom stereocenters. The van der Waals surface area contributed by atoms with Crippen LogP contribution in [-0.2, 0) is 16.9 Å². The van der Waals surface area contributed by atoms with Crippen molar-refractivity contribution in [3.05, 3.63) is 71.5 Å². The number of carbonyl (C=O) groups is 1. The molecule has 2 aromatic carbocycles.